The van der Waals surface area contributed by atoms with Gasteiger partial charge in [0, 0.05) is 27.7 Å². The summed E-state index contributed by atoms with van der Waals surface area (Å²) in [7, 11) is 0. The molecule has 0 amide bonds. The Morgan fingerprint density at radius 3 is 2.33 bits per heavy atom. The van der Waals surface area contributed by atoms with Gasteiger partial charge in [-0.1, -0.05) is 77.1 Å². The second-order valence-corrected chi connectivity index (χ2v) is 12.2. The highest BCUT2D eigenvalue weighted by molar-refractivity contribution is 6.28. The van der Waals surface area contributed by atoms with E-state index in [1.807, 2.05) is 6.20 Å². The van der Waals surface area contributed by atoms with Crippen molar-refractivity contribution >= 4 is 59.8 Å². The molecule has 4 aromatic carbocycles. The molecule has 0 saturated carbocycles. The van der Waals surface area contributed by atoms with Crippen LogP contribution in [-0.4, -0.2) is 9.38 Å². The van der Waals surface area contributed by atoms with Gasteiger partial charge >= 0.3 is 0 Å². The van der Waals surface area contributed by atoms with E-state index in [2.05, 4.69) is 107 Å². The lowest BCUT2D eigenvalue weighted by molar-refractivity contribution is 0.411. The van der Waals surface area contributed by atoms with E-state index in [1.54, 1.807) is 0 Å². The van der Waals surface area contributed by atoms with Crippen molar-refractivity contribution in [2.24, 2.45) is 5.41 Å². The van der Waals surface area contributed by atoms with Gasteiger partial charge in [-0.05, 0) is 75.7 Å². The van der Waals surface area contributed by atoms with E-state index in [1.165, 1.54) is 70.9 Å². The Labute approximate surface area is 211 Å². The molecule has 0 aliphatic carbocycles. The SMILES string of the molecule is Cc1c2ccc(CC(C)(C)C)cc2cc2c3nccc4ccc5c6ccc(C(C)C)cc6n(c12)c5c43. The molecule has 0 N–H and O–H groups in total. The van der Waals surface area contributed by atoms with E-state index in [-0.39, 0.29) is 5.41 Å². The van der Waals surface area contributed by atoms with Gasteiger partial charge in [-0.2, -0.15) is 0 Å². The van der Waals surface area contributed by atoms with E-state index < -0.39 is 0 Å². The van der Waals surface area contributed by atoms with Gasteiger partial charge in [-0.3, -0.25) is 4.98 Å². The number of hydrogen-bond acceptors (Lipinski definition) is 1. The van der Waals surface area contributed by atoms with Gasteiger partial charge in [0.15, 0.2) is 0 Å². The average molecular weight is 469 g/mol. The molecule has 36 heavy (non-hydrogen) atoms. The minimum Gasteiger partial charge on any atom is -0.308 e. The smallest absolute Gasteiger partial charge is 0.0823 e. The van der Waals surface area contributed by atoms with Gasteiger partial charge in [-0.15, -0.1) is 0 Å². The van der Waals surface area contributed by atoms with Crippen LogP contribution in [0.1, 0.15) is 57.2 Å². The van der Waals surface area contributed by atoms with Crippen molar-refractivity contribution < 1.29 is 0 Å². The molecule has 178 valence electrons. The summed E-state index contributed by atoms with van der Waals surface area (Å²) < 4.78 is 2.54. The third-order valence-electron chi connectivity index (χ3n) is 7.99. The van der Waals surface area contributed by atoms with Gasteiger partial charge in [0.05, 0.1) is 22.1 Å². The maximum atomic E-state index is 4.99. The summed E-state index contributed by atoms with van der Waals surface area (Å²) in [5, 5.41) is 9.03. The van der Waals surface area contributed by atoms with Gasteiger partial charge in [0.2, 0.25) is 0 Å². The summed E-state index contributed by atoms with van der Waals surface area (Å²) in [4.78, 5) is 4.99. The van der Waals surface area contributed by atoms with Crippen molar-refractivity contribution in [1.82, 2.24) is 9.38 Å². The Bertz CT molecular complexity index is 1980. The molecule has 3 heterocycles. The van der Waals surface area contributed by atoms with Crippen molar-refractivity contribution in [2.75, 3.05) is 0 Å². The molecular weight excluding hydrogens is 436 g/mol. The van der Waals surface area contributed by atoms with Crippen LogP contribution in [0.3, 0.4) is 0 Å². The summed E-state index contributed by atoms with van der Waals surface area (Å²) in [6.07, 6.45) is 3.04. The molecule has 0 fully saturated rings. The van der Waals surface area contributed by atoms with E-state index in [4.69, 9.17) is 4.98 Å². The van der Waals surface area contributed by atoms with Crippen LogP contribution in [0.5, 0.6) is 0 Å². The second kappa shape index (κ2) is 7.20. The minimum absolute atomic E-state index is 0.257. The summed E-state index contributed by atoms with van der Waals surface area (Å²) in [6.45, 7) is 13.8. The number of aromatic nitrogens is 2. The summed E-state index contributed by atoms with van der Waals surface area (Å²) in [6, 6.07) is 23.2. The van der Waals surface area contributed by atoms with Crippen molar-refractivity contribution in [3.05, 3.63) is 83.6 Å². The molecule has 2 nitrogen and oxygen atoms in total. The average Bonchev–Trinajstić information content (AvgIpc) is 3.16. The number of hydrogen-bond donors (Lipinski definition) is 0. The molecule has 7 rings (SSSR count). The number of fused-ring (bicyclic) bond motifs is 7. The first-order valence-electron chi connectivity index (χ1n) is 13.1. The van der Waals surface area contributed by atoms with Crippen LogP contribution in [0.15, 0.2) is 66.9 Å². The Hall–Kier alpha value is -3.65. The quantitative estimate of drug-likeness (QED) is 0.182. The fourth-order valence-corrected chi connectivity index (χ4v) is 6.40. The first-order chi connectivity index (χ1) is 17.2. The van der Waals surface area contributed by atoms with Crippen molar-refractivity contribution in [1.29, 1.82) is 0 Å². The lowest BCUT2D eigenvalue weighted by atomic mass is 9.87. The number of aryl methyl sites for hydroxylation is 1. The largest absolute Gasteiger partial charge is 0.308 e. The third kappa shape index (κ3) is 2.94. The molecule has 0 atom stereocenters. The highest BCUT2D eigenvalue weighted by Crippen LogP contribution is 2.43. The third-order valence-corrected chi connectivity index (χ3v) is 7.99. The monoisotopic (exact) mass is 468 g/mol. The van der Waals surface area contributed by atoms with E-state index >= 15 is 0 Å². The predicted octanol–water partition coefficient (Wildman–Crippen LogP) is 9.56. The second-order valence-electron chi connectivity index (χ2n) is 12.2. The molecule has 0 unspecified atom stereocenters. The molecule has 0 aliphatic rings. The highest BCUT2D eigenvalue weighted by Gasteiger charge is 2.21. The number of pyridine rings is 2. The van der Waals surface area contributed by atoms with Crippen molar-refractivity contribution in [3.8, 4) is 0 Å². The first kappa shape index (κ1) is 21.6. The summed E-state index contributed by atoms with van der Waals surface area (Å²) in [5.41, 5.74) is 9.34. The van der Waals surface area contributed by atoms with Crippen LogP contribution in [0.25, 0.3) is 59.8 Å². The Balaban J connectivity index is 1.73. The molecule has 0 radical (unpaired) electrons. The van der Waals surface area contributed by atoms with Crippen LogP contribution in [0, 0.1) is 12.3 Å². The number of rotatable bonds is 2. The fourth-order valence-electron chi connectivity index (χ4n) is 6.40. The topological polar surface area (TPSA) is 17.3 Å². The van der Waals surface area contributed by atoms with Crippen LogP contribution >= 0.6 is 0 Å². The molecule has 0 aliphatic heterocycles. The molecule has 0 bridgehead atoms. The first-order valence-corrected chi connectivity index (χ1v) is 13.1. The Kier molecular flexibility index (Phi) is 4.32. The van der Waals surface area contributed by atoms with Crippen LogP contribution in [0.2, 0.25) is 0 Å². The van der Waals surface area contributed by atoms with E-state index in [0.717, 1.165) is 11.9 Å². The molecule has 0 saturated heterocycles. The number of nitrogens with zero attached hydrogens (tertiary/aromatic N) is 2. The normalized spacial score (nSPS) is 13.1. The molecule has 2 heteroatoms. The molecular formula is C34H32N2. The van der Waals surface area contributed by atoms with Crippen LogP contribution in [0.4, 0.5) is 0 Å². The molecule has 3 aromatic heterocycles. The van der Waals surface area contributed by atoms with Gasteiger partial charge in [0.25, 0.3) is 0 Å². The minimum atomic E-state index is 0.257. The van der Waals surface area contributed by atoms with Crippen molar-refractivity contribution in [2.45, 2.75) is 53.9 Å². The summed E-state index contributed by atoms with van der Waals surface area (Å²) in [5.74, 6) is 0.483. The maximum Gasteiger partial charge on any atom is 0.0823 e. The molecule has 7 aromatic rings. The Morgan fingerprint density at radius 1 is 0.778 bits per heavy atom. The predicted molar refractivity (Wildman–Crippen MR) is 156 cm³/mol. The lowest BCUT2D eigenvalue weighted by Gasteiger charge is -2.19. The Morgan fingerprint density at radius 2 is 1.56 bits per heavy atom. The zero-order chi connectivity index (χ0) is 24.9. The summed E-state index contributed by atoms with van der Waals surface area (Å²) >= 11 is 0. The fraction of sp³-hybridized carbons (Fsp3) is 0.265. The van der Waals surface area contributed by atoms with Crippen LogP contribution < -0.4 is 0 Å². The highest BCUT2D eigenvalue weighted by atomic mass is 14.9. The van der Waals surface area contributed by atoms with Crippen molar-refractivity contribution in [3.63, 3.8) is 0 Å². The zero-order valence-electron chi connectivity index (χ0n) is 22.0. The van der Waals surface area contributed by atoms with E-state index in [0.29, 0.717) is 5.92 Å². The maximum absolute atomic E-state index is 4.99. The van der Waals surface area contributed by atoms with Crippen LogP contribution in [-0.2, 0) is 6.42 Å². The standard InChI is InChI=1S/C34H32N2/c1-19(2)23-9-11-26-27-12-8-22-13-14-35-31-28-16-24-15-21(18-34(4,5)6)7-10-25(24)20(3)32(28)36(29(26)17-23)33(27)30(22)31/h7-17,19H,18H2,1-6H3. The van der Waals surface area contributed by atoms with Gasteiger partial charge in [-0.25, -0.2) is 0 Å². The zero-order valence-corrected chi connectivity index (χ0v) is 22.0. The van der Waals surface area contributed by atoms with Gasteiger partial charge < -0.3 is 4.40 Å². The van der Waals surface area contributed by atoms with E-state index in [9.17, 15) is 0 Å². The number of benzene rings is 4. The lowest BCUT2D eigenvalue weighted by Crippen LogP contribution is -2.09. The molecule has 0 spiro atoms. The van der Waals surface area contributed by atoms with Gasteiger partial charge in [0.1, 0.15) is 0 Å².